The molecule has 0 radical (unpaired) electrons. The summed E-state index contributed by atoms with van der Waals surface area (Å²) in [5, 5.41) is 9.48. The number of carbonyl (C=O) groups excluding carboxylic acids is 2. The van der Waals surface area contributed by atoms with Crippen LogP contribution in [0, 0.1) is 0 Å². The lowest BCUT2D eigenvalue weighted by Crippen LogP contribution is -2.52. The molecule has 0 saturated carbocycles. The third-order valence-electron chi connectivity index (χ3n) is 3.48. The fourth-order valence-electron chi connectivity index (χ4n) is 2.26. The Morgan fingerprint density at radius 1 is 1.24 bits per heavy atom. The van der Waals surface area contributed by atoms with Crippen molar-refractivity contribution in [1.29, 1.82) is 0 Å². The molecule has 6 nitrogen and oxygen atoms in total. The average molecular weight is 310 g/mol. The predicted molar refractivity (Wildman–Crippen MR) is 83.7 cm³/mol. The number of nitrogens with zero attached hydrogens (tertiary/aromatic N) is 2. The van der Waals surface area contributed by atoms with E-state index in [1.54, 1.807) is 0 Å². The Balaban J connectivity index is 1.63. The molecule has 0 aromatic carbocycles. The molecule has 7 heteroatoms. The Kier molecular flexibility index (Phi) is 6.01. The number of nitrogens with one attached hydrogen (secondary N) is 2. The largest absolute Gasteiger partial charge is 0.351 e. The third kappa shape index (κ3) is 4.71. The van der Waals surface area contributed by atoms with Crippen LogP contribution in [0.3, 0.4) is 0 Å². The van der Waals surface area contributed by atoms with E-state index in [1.165, 1.54) is 11.3 Å². The highest BCUT2D eigenvalue weighted by Crippen LogP contribution is 2.05. The minimum atomic E-state index is -0.0165. The summed E-state index contributed by atoms with van der Waals surface area (Å²) in [6.45, 7) is 7.22. The summed E-state index contributed by atoms with van der Waals surface area (Å²) in [5.74, 6) is -0.0165. The fraction of sp³-hybridized carbons (Fsp3) is 0.571. The van der Waals surface area contributed by atoms with Gasteiger partial charge in [-0.2, -0.15) is 11.3 Å². The molecule has 0 aliphatic carbocycles. The van der Waals surface area contributed by atoms with E-state index in [9.17, 15) is 9.59 Å². The Hall–Kier alpha value is -1.60. The van der Waals surface area contributed by atoms with Crippen molar-refractivity contribution in [2.24, 2.45) is 0 Å². The van der Waals surface area contributed by atoms with Gasteiger partial charge in [-0.05, 0) is 18.4 Å². The highest BCUT2D eigenvalue weighted by Gasteiger charge is 2.20. The maximum atomic E-state index is 11.8. The topological polar surface area (TPSA) is 64.7 Å². The van der Waals surface area contributed by atoms with Gasteiger partial charge in [0.15, 0.2) is 0 Å². The van der Waals surface area contributed by atoms with Crippen LogP contribution >= 0.6 is 11.3 Å². The van der Waals surface area contributed by atoms with Crippen LogP contribution in [0.1, 0.15) is 17.3 Å². The molecule has 0 unspecified atom stereocenters. The smallest absolute Gasteiger partial charge is 0.317 e. The van der Waals surface area contributed by atoms with Gasteiger partial charge in [-0.1, -0.05) is 0 Å². The second kappa shape index (κ2) is 7.99. The van der Waals surface area contributed by atoms with Crippen molar-refractivity contribution >= 4 is 23.3 Å². The van der Waals surface area contributed by atoms with Crippen LogP contribution in [0.2, 0.25) is 0 Å². The summed E-state index contributed by atoms with van der Waals surface area (Å²) >= 11 is 1.52. The standard InChI is InChI=1S/C14H22N4O2S/c1-2-15-14(20)18-8-6-17(7-9-18)5-4-16-13(19)12-3-10-21-11-12/h3,10-11H,2,4-9H2,1H3,(H,15,20)(H,16,19). The summed E-state index contributed by atoms with van der Waals surface area (Å²) in [6.07, 6.45) is 0. The molecule has 0 bridgehead atoms. The molecule has 1 fully saturated rings. The Morgan fingerprint density at radius 2 is 2.00 bits per heavy atom. The van der Waals surface area contributed by atoms with E-state index < -0.39 is 0 Å². The fourth-order valence-corrected chi connectivity index (χ4v) is 2.90. The monoisotopic (exact) mass is 310 g/mol. The van der Waals surface area contributed by atoms with Crippen molar-refractivity contribution in [3.63, 3.8) is 0 Å². The lowest BCUT2D eigenvalue weighted by atomic mass is 10.3. The van der Waals surface area contributed by atoms with E-state index in [1.807, 2.05) is 28.7 Å². The van der Waals surface area contributed by atoms with Crippen LogP contribution in [0.15, 0.2) is 16.8 Å². The first-order valence-electron chi connectivity index (χ1n) is 7.26. The third-order valence-corrected chi connectivity index (χ3v) is 4.17. The summed E-state index contributed by atoms with van der Waals surface area (Å²) in [7, 11) is 0. The van der Waals surface area contributed by atoms with Crippen molar-refractivity contribution < 1.29 is 9.59 Å². The van der Waals surface area contributed by atoms with Gasteiger partial charge in [0, 0.05) is 56.8 Å². The van der Waals surface area contributed by atoms with Crippen LogP contribution in [0.25, 0.3) is 0 Å². The summed E-state index contributed by atoms with van der Waals surface area (Å²) < 4.78 is 0. The molecule has 2 N–H and O–H groups in total. The number of piperazine rings is 1. The van der Waals surface area contributed by atoms with E-state index in [-0.39, 0.29) is 11.9 Å². The molecule has 1 aliphatic heterocycles. The van der Waals surface area contributed by atoms with E-state index >= 15 is 0 Å². The molecular weight excluding hydrogens is 288 g/mol. The molecule has 3 amide bonds. The maximum Gasteiger partial charge on any atom is 0.317 e. The predicted octanol–water partition coefficient (Wildman–Crippen LogP) is 0.825. The van der Waals surface area contributed by atoms with Gasteiger partial charge in [-0.25, -0.2) is 4.79 Å². The maximum absolute atomic E-state index is 11.8. The van der Waals surface area contributed by atoms with Crippen molar-refractivity contribution in [3.05, 3.63) is 22.4 Å². The van der Waals surface area contributed by atoms with Gasteiger partial charge in [-0.15, -0.1) is 0 Å². The molecule has 1 saturated heterocycles. The number of rotatable bonds is 5. The number of urea groups is 1. The molecule has 2 heterocycles. The SMILES string of the molecule is CCNC(=O)N1CCN(CCNC(=O)c2ccsc2)CC1. The number of hydrogen-bond donors (Lipinski definition) is 2. The van der Waals surface area contributed by atoms with Crippen molar-refractivity contribution in [2.45, 2.75) is 6.92 Å². The average Bonchev–Trinajstić information content (AvgIpc) is 3.02. The zero-order valence-corrected chi connectivity index (χ0v) is 13.1. The van der Waals surface area contributed by atoms with Gasteiger partial charge in [0.25, 0.3) is 5.91 Å². The van der Waals surface area contributed by atoms with Crippen LogP contribution in [-0.2, 0) is 0 Å². The summed E-state index contributed by atoms with van der Waals surface area (Å²) in [5.41, 5.74) is 0.723. The zero-order valence-electron chi connectivity index (χ0n) is 12.3. The van der Waals surface area contributed by atoms with Gasteiger partial charge >= 0.3 is 6.03 Å². The van der Waals surface area contributed by atoms with Gasteiger partial charge in [0.05, 0.1) is 0 Å². The lowest BCUT2D eigenvalue weighted by molar-refractivity contribution is 0.0942. The van der Waals surface area contributed by atoms with Gasteiger partial charge in [0.1, 0.15) is 0 Å². The van der Waals surface area contributed by atoms with Crippen LogP contribution in [0.5, 0.6) is 0 Å². The van der Waals surface area contributed by atoms with Crippen LogP contribution < -0.4 is 10.6 Å². The van der Waals surface area contributed by atoms with Crippen LogP contribution in [-0.4, -0.2) is 67.6 Å². The highest BCUT2D eigenvalue weighted by molar-refractivity contribution is 7.08. The second-order valence-corrected chi connectivity index (χ2v) is 5.71. The normalized spacial score (nSPS) is 15.8. The number of carbonyl (C=O) groups is 2. The second-order valence-electron chi connectivity index (χ2n) is 4.93. The minimum Gasteiger partial charge on any atom is -0.351 e. The number of amides is 3. The molecule has 116 valence electrons. The molecule has 2 rings (SSSR count). The van der Waals surface area contributed by atoms with Crippen molar-refractivity contribution in [3.8, 4) is 0 Å². The van der Waals surface area contributed by atoms with Gasteiger partial charge in [-0.3, -0.25) is 9.69 Å². The molecule has 1 aliphatic rings. The van der Waals surface area contributed by atoms with Crippen LogP contribution in [0.4, 0.5) is 4.79 Å². The molecule has 1 aromatic heterocycles. The first-order valence-corrected chi connectivity index (χ1v) is 8.20. The van der Waals surface area contributed by atoms with E-state index in [0.29, 0.717) is 13.1 Å². The molecule has 21 heavy (non-hydrogen) atoms. The molecule has 0 spiro atoms. The Morgan fingerprint density at radius 3 is 2.62 bits per heavy atom. The first kappa shape index (κ1) is 15.8. The van der Waals surface area contributed by atoms with E-state index in [0.717, 1.165) is 38.3 Å². The minimum absolute atomic E-state index is 0.0165. The summed E-state index contributed by atoms with van der Waals surface area (Å²) in [4.78, 5) is 27.6. The lowest BCUT2D eigenvalue weighted by Gasteiger charge is -2.34. The molecule has 0 atom stereocenters. The Bertz CT molecular complexity index is 456. The van der Waals surface area contributed by atoms with Gasteiger partial charge in [0.2, 0.25) is 0 Å². The number of thiophene rings is 1. The van der Waals surface area contributed by atoms with E-state index in [4.69, 9.17) is 0 Å². The first-order chi connectivity index (χ1) is 10.2. The number of hydrogen-bond acceptors (Lipinski definition) is 4. The van der Waals surface area contributed by atoms with E-state index in [2.05, 4.69) is 15.5 Å². The summed E-state index contributed by atoms with van der Waals surface area (Å²) in [6, 6.07) is 1.84. The quantitative estimate of drug-likeness (QED) is 0.846. The van der Waals surface area contributed by atoms with Crippen molar-refractivity contribution in [2.75, 3.05) is 45.8 Å². The van der Waals surface area contributed by atoms with Gasteiger partial charge < -0.3 is 15.5 Å². The van der Waals surface area contributed by atoms with Crippen molar-refractivity contribution in [1.82, 2.24) is 20.4 Å². The zero-order chi connectivity index (χ0) is 15.1. The Labute approximate surface area is 129 Å². The molecule has 1 aromatic rings. The highest BCUT2D eigenvalue weighted by atomic mass is 32.1. The molecular formula is C14H22N4O2S.